The Balaban J connectivity index is 1.36. The topological polar surface area (TPSA) is 51.5 Å². The van der Waals surface area contributed by atoms with Crippen LogP contribution in [0.1, 0.15) is 30.5 Å². The lowest BCUT2D eigenvalue weighted by atomic mass is 9.68. The van der Waals surface area contributed by atoms with Gasteiger partial charge in [0.25, 0.3) is 0 Å². The third-order valence-electron chi connectivity index (χ3n) is 5.96. The van der Waals surface area contributed by atoms with Crippen LogP contribution < -0.4 is 5.32 Å². The number of anilines is 1. The second-order valence-electron chi connectivity index (χ2n) is 7.58. The van der Waals surface area contributed by atoms with Gasteiger partial charge in [-0.1, -0.05) is 36.8 Å². The number of fused-ring (bicyclic) bond motifs is 2. The number of hydrogen-bond donors (Lipinski definition) is 1. The van der Waals surface area contributed by atoms with E-state index in [1.165, 1.54) is 24.8 Å². The summed E-state index contributed by atoms with van der Waals surface area (Å²) in [6, 6.07) is 12.8. The van der Waals surface area contributed by atoms with E-state index in [1.807, 2.05) is 36.0 Å². The van der Waals surface area contributed by atoms with Crippen LogP contribution in [0.15, 0.2) is 48.8 Å². The van der Waals surface area contributed by atoms with Crippen LogP contribution in [0.2, 0.25) is 0 Å². The maximum atomic E-state index is 6.37. The highest BCUT2D eigenvalue weighted by atomic mass is 16.5. The second kappa shape index (κ2) is 6.40. The Hall–Kier alpha value is -2.40. The molecule has 0 spiro atoms. The molecule has 0 radical (unpaired) electrons. The van der Waals surface area contributed by atoms with Crippen LogP contribution in [0.25, 0.3) is 5.52 Å². The van der Waals surface area contributed by atoms with Crippen molar-refractivity contribution in [1.82, 2.24) is 14.6 Å². The van der Waals surface area contributed by atoms with E-state index in [-0.39, 0.29) is 6.10 Å². The van der Waals surface area contributed by atoms with Crippen LogP contribution in [0.3, 0.4) is 0 Å². The van der Waals surface area contributed by atoms with Gasteiger partial charge in [0.05, 0.1) is 36.8 Å². The summed E-state index contributed by atoms with van der Waals surface area (Å²) in [4.78, 5) is 4.73. The SMILES string of the molecule is Cc1cn2nccc2c(NC2C3CCCC3C2OCc2ccccc2)n1. The minimum Gasteiger partial charge on any atom is -0.371 e. The average Bonchev–Trinajstić information content (AvgIpc) is 3.28. The molecule has 2 aliphatic rings. The average molecular weight is 348 g/mol. The molecule has 3 aromatic rings. The van der Waals surface area contributed by atoms with Crippen molar-refractivity contribution in [1.29, 1.82) is 0 Å². The van der Waals surface area contributed by atoms with Crippen molar-refractivity contribution in [2.75, 3.05) is 5.32 Å². The van der Waals surface area contributed by atoms with Crippen LogP contribution in [-0.4, -0.2) is 26.7 Å². The second-order valence-corrected chi connectivity index (χ2v) is 7.58. The lowest BCUT2D eigenvalue weighted by Crippen LogP contribution is -2.58. The number of nitrogens with zero attached hydrogens (tertiary/aromatic N) is 3. The number of benzene rings is 1. The Morgan fingerprint density at radius 2 is 2.00 bits per heavy atom. The van der Waals surface area contributed by atoms with E-state index in [4.69, 9.17) is 9.72 Å². The molecule has 134 valence electrons. The Morgan fingerprint density at radius 3 is 2.88 bits per heavy atom. The van der Waals surface area contributed by atoms with Gasteiger partial charge in [-0.05, 0) is 43.2 Å². The zero-order valence-electron chi connectivity index (χ0n) is 15.0. The van der Waals surface area contributed by atoms with Gasteiger partial charge in [-0.2, -0.15) is 5.10 Å². The molecule has 0 amide bonds. The van der Waals surface area contributed by atoms with Crippen molar-refractivity contribution in [3.8, 4) is 0 Å². The number of aromatic nitrogens is 3. The van der Waals surface area contributed by atoms with Gasteiger partial charge in [0, 0.05) is 0 Å². The highest BCUT2D eigenvalue weighted by molar-refractivity contribution is 5.68. The Kier molecular flexibility index (Phi) is 3.89. The smallest absolute Gasteiger partial charge is 0.152 e. The van der Waals surface area contributed by atoms with Crippen LogP contribution in [0, 0.1) is 18.8 Å². The monoisotopic (exact) mass is 348 g/mol. The number of aryl methyl sites for hydroxylation is 1. The summed E-state index contributed by atoms with van der Waals surface area (Å²) in [6.45, 7) is 2.69. The first-order valence-electron chi connectivity index (χ1n) is 9.53. The van der Waals surface area contributed by atoms with Gasteiger partial charge in [0.2, 0.25) is 0 Å². The van der Waals surface area contributed by atoms with E-state index >= 15 is 0 Å². The summed E-state index contributed by atoms with van der Waals surface area (Å²) in [7, 11) is 0. The molecular weight excluding hydrogens is 324 g/mol. The molecule has 5 nitrogen and oxygen atoms in total. The van der Waals surface area contributed by atoms with E-state index in [1.54, 1.807) is 0 Å². The van der Waals surface area contributed by atoms with Crippen LogP contribution in [-0.2, 0) is 11.3 Å². The molecule has 5 heteroatoms. The fourth-order valence-electron chi connectivity index (χ4n) is 4.73. The number of rotatable bonds is 5. The highest BCUT2D eigenvalue weighted by Gasteiger charge is 2.53. The molecule has 0 saturated heterocycles. The molecule has 5 rings (SSSR count). The minimum atomic E-state index is 0.257. The Morgan fingerprint density at radius 1 is 1.15 bits per heavy atom. The molecule has 26 heavy (non-hydrogen) atoms. The minimum absolute atomic E-state index is 0.257. The highest BCUT2D eigenvalue weighted by Crippen LogP contribution is 2.50. The van der Waals surface area contributed by atoms with Crippen molar-refractivity contribution < 1.29 is 4.74 Å². The molecule has 4 atom stereocenters. The molecule has 2 heterocycles. The lowest BCUT2D eigenvalue weighted by Gasteiger charge is -2.49. The quantitative estimate of drug-likeness (QED) is 0.761. The van der Waals surface area contributed by atoms with Crippen LogP contribution in [0.4, 0.5) is 5.82 Å². The summed E-state index contributed by atoms with van der Waals surface area (Å²) in [6.07, 6.45) is 7.92. The maximum absolute atomic E-state index is 6.37. The third kappa shape index (κ3) is 2.67. The maximum Gasteiger partial charge on any atom is 0.152 e. The van der Waals surface area contributed by atoms with Crippen LogP contribution in [0.5, 0.6) is 0 Å². The van der Waals surface area contributed by atoms with Gasteiger partial charge in [-0.3, -0.25) is 0 Å². The third-order valence-corrected chi connectivity index (χ3v) is 5.96. The van der Waals surface area contributed by atoms with Crippen molar-refractivity contribution in [2.45, 2.75) is 44.9 Å². The van der Waals surface area contributed by atoms with Gasteiger partial charge in [-0.15, -0.1) is 0 Å². The fraction of sp³-hybridized carbons (Fsp3) is 0.429. The first-order valence-corrected chi connectivity index (χ1v) is 9.53. The molecule has 0 bridgehead atoms. The summed E-state index contributed by atoms with van der Waals surface area (Å²) in [5.74, 6) is 2.30. The number of nitrogens with one attached hydrogen (secondary N) is 1. The summed E-state index contributed by atoms with van der Waals surface area (Å²) in [5, 5.41) is 8.07. The predicted molar refractivity (Wildman–Crippen MR) is 101 cm³/mol. The molecule has 2 fully saturated rings. The molecule has 1 N–H and O–H groups in total. The van der Waals surface area contributed by atoms with Gasteiger partial charge in [-0.25, -0.2) is 9.50 Å². The van der Waals surface area contributed by atoms with E-state index in [2.05, 4.69) is 34.7 Å². The Bertz CT molecular complexity index is 907. The lowest BCUT2D eigenvalue weighted by molar-refractivity contribution is -0.0929. The van der Waals surface area contributed by atoms with Crippen LogP contribution >= 0.6 is 0 Å². The first kappa shape index (κ1) is 15.8. The van der Waals surface area contributed by atoms with Gasteiger partial charge in [0.1, 0.15) is 5.52 Å². The molecular formula is C21H24N4O. The molecule has 0 aliphatic heterocycles. The summed E-state index contributed by atoms with van der Waals surface area (Å²) >= 11 is 0. The van der Waals surface area contributed by atoms with E-state index in [0.717, 1.165) is 17.0 Å². The van der Waals surface area contributed by atoms with E-state index in [9.17, 15) is 0 Å². The largest absolute Gasteiger partial charge is 0.371 e. The van der Waals surface area contributed by atoms with Gasteiger partial charge >= 0.3 is 0 Å². The zero-order chi connectivity index (χ0) is 17.5. The van der Waals surface area contributed by atoms with Crippen molar-refractivity contribution in [2.24, 2.45) is 11.8 Å². The molecule has 4 unspecified atom stereocenters. The van der Waals surface area contributed by atoms with E-state index < -0.39 is 0 Å². The zero-order valence-corrected chi connectivity index (χ0v) is 15.0. The molecule has 2 aromatic heterocycles. The fourth-order valence-corrected chi connectivity index (χ4v) is 4.73. The number of hydrogen-bond acceptors (Lipinski definition) is 4. The Labute approximate surface area is 153 Å². The summed E-state index contributed by atoms with van der Waals surface area (Å²) in [5.41, 5.74) is 3.23. The van der Waals surface area contributed by atoms with E-state index in [0.29, 0.717) is 24.5 Å². The molecule has 1 aromatic carbocycles. The standard InChI is InChI=1S/C21H24N4O/c1-14-12-25-18(10-11-22-25)21(23-14)24-19-16-8-5-9-17(16)20(19)26-13-15-6-3-2-4-7-15/h2-4,6-7,10-12,16-17,19-20H,5,8-9,13H2,1H3,(H,23,24). The van der Waals surface area contributed by atoms with Crippen molar-refractivity contribution >= 4 is 11.3 Å². The van der Waals surface area contributed by atoms with Crippen molar-refractivity contribution in [3.05, 3.63) is 60.0 Å². The number of ether oxygens (including phenoxy) is 1. The normalized spacial score (nSPS) is 27.3. The summed E-state index contributed by atoms with van der Waals surface area (Å²) < 4.78 is 8.27. The predicted octanol–water partition coefficient (Wildman–Crippen LogP) is 3.83. The molecule has 2 saturated carbocycles. The van der Waals surface area contributed by atoms with Gasteiger partial charge in [0.15, 0.2) is 5.82 Å². The first-order chi connectivity index (χ1) is 12.8. The van der Waals surface area contributed by atoms with Gasteiger partial charge < -0.3 is 10.1 Å². The van der Waals surface area contributed by atoms with Crippen molar-refractivity contribution in [3.63, 3.8) is 0 Å². The molecule has 2 aliphatic carbocycles.